The number of hydrogen-bond donors (Lipinski definition) is 1. The molecule has 1 atom stereocenters. The Bertz CT molecular complexity index is 516. The molecule has 102 valence electrons. The van der Waals surface area contributed by atoms with Gasteiger partial charge in [0.15, 0.2) is 0 Å². The average molecular weight is 405 g/mol. The van der Waals surface area contributed by atoms with E-state index in [0.717, 1.165) is 21.2 Å². The lowest BCUT2D eigenvalue weighted by Gasteiger charge is -2.13. The number of rotatable bonds is 6. The van der Waals surface area contributed by atoms with E-state index in [-0.39, 0.29) is 0 Å². The molecule has 1 N–H and O–H groups in total. The van der Waals surface area contributed by atoms with Crippen molar-refractivity contribution in [1.29, 1.82) is 0 Å². The van der Waals surface area contributed by atoms with Gasteiger partial charge in [0, 0.05) is 21.9 Å². The van der Waals surface area contributed by atoms with Crippen LogP contribution in [0.25, 0.3) is 0 Å². The van der Waals surface area contributed by atoms with E-state index in [9.17, 15) is 0 Å². The van der Waals surface area contributed by atoms with E-state index in [1.807, 2.05) is 18.2 Å². The first-order valence-corrected chi connectivity index (χ1v) is 8.48. The van der Waals surface area contributed by atoms with E-state index < -0.39 is 0 Å². The van der Waals surface area contributed by atoms with Crippen molar-refractivity contribution in [2.45, 2.75) is 13.0 Å². The summed E-state index contributed by atoms with van der Waals surface area (Å²) in [4.78, 5) is 1.35. The van der Waals surface area contributed by atoms with Crippen LogP contribution in [-0.4, -0.2) is 13.2 Å². The second-order valence-corrected chi connectivity index (χ2v) is 6.86. The number of ether oxygens (including phenoxy) is 1. The molecule has 0 fully saturated rings. The van der Waals surface area contributed by atoms with Gasteiger partial charge in [0.05, 0.1) is 4.47 Å². The highest BCUT2D eigenvalue weighted by Crippen LogP contribution is 2.28. The number of hydrogen-bond acceptors (Lipinski definition) is 3. The van der Waals surface area contributed by atoms with E-state index in [4.69, 9.17) is 4.74 Å². The average Bonchev–Trinajstić information content (AvgIpc) is 2.90. The van der Waals surface area contributed by atoms with Crippen molar-refractivity contribution in [3.05, 3.63) is 49.5 Å². The van der Waals surface area contributed by atoms with Gasteiger partial charge in [-0.15, -0.1) is 11.3 Å². The van der Waals surface area contributed by atoms with Gasteiger partial charge in [-0.25, -0.2) is 0 Å². The highest BCUT2D eigenvalue weighted by molar-refractivity contribution is 9.11. The molecular weight excluding hydrogens is 390 g/mol. The molecule has 1 aromatic heterocycles. The molecule has 0 saturated carbocycles. The molecule has 19 heavy (non-hydrogen) atoms. The fourth-order valence-corrected chi connectivity index (χ4v) is 3.59. The Morgan fingerprint density at radius 1 is 1.32 bits per heavy atom. The minimum atomic E-state index is 0.372. The van der Waals surface area contributed by atoms with E-state index in [0.29, 0.717) is 12.6 Å². The summed E-state index contributed by atoms with van der Waals surface area (Å²) in [6.07, 6.45) is 0. The lowest BCUT2D eigenvalue weighted by molar-refractivity contribution is 0.306. The number of nitrogens with one attached hydrogen (secondary N) is 1. The number of halogens is 2. The molecule has 0 bridgehead atoms. The predicted octanol–water partition coefficient (Wildman–Crippen LogP) is 5.00. The van der Waals surface area contributed by atoms with Crippen LogP contribution in [0.2, 0.25) is 0 Å². The molecule has 1 unspecified atom stereocenters. The zero-order valence-electron chi connectivity index (χ0n) is 10.5. The Morgan fingerprint density at radius 2 is 2.16 bits per heavy atom. The molecule has 5 heteroatoms. The van der Waals surface area contributed by atoms with E-state index in [2.05, 4.69) is 61.6 Å². The predicted molar refractivity (Wildman–Crippen MR) is 88.1 cm³/mol. The molecular formula is C14H15Br2NOS. The summed E-state index contributed by atoms with van der Waals surface area (Å²) in [5.74, 6) is 0.869. The van der Waals surface area contributed by atoms with Crippen LogP contribution in [0.15, 0.2) is 44.7 Å². The molecule has 2 rings (SSSR count). The van der Waals surface area contributed by atoms with Gasteiger partial charge >= 0.3 is 0 Å². The summed E-state index contributed by atoms with van der Waals surface area (Å²) in [6.45, 7) is 3.64. The Balaban J connectivity index is 1.75. The third kappa shape index (κ3) is 4.60. The van der Waals surface area contributed by atoms with Crippen LogP contribution in [0.5, 0.6) is 5.75 Å². The normalized spacial score (nSPS) is 12.4. The monoisotopic (exact) mass is 403 g/mol. The molecule has 1 heterocycles. The molecule has 2 nitrogen and oxygen atoms in total. The maximum absolute atomic E-state index is 5.73. The highest BCUT2D eigenvalue weighted by atomic mass is 79.9. The minimum Gasteiger partial charge on any atom is -0.491 e. The van der Waals surface area contributed by atoms with Gasteiger partial charge in [-0.05, 0) is 52.5 Å². The first-order valence-electron chi connectivity index (χ1n) is 6.01. The molecule has 0 aliphatic carbocycles. The Morgan fingerprint density at radius 3 is 2.84 bits per heavy atom. The third-order valence-electron chi connectivity index (χ3n) is 2.67. The summed E-state index contributed by atoms with van der Waals surface area (Å²) in [5.41, 5.74) is 0. The van der Waals surface area contributed by atoms with Crippen LogP contribution in [-0.2, 0) is 0 Å². The van der Waals surface area contributed by atoms with Crippen LogP contribution >= 0.6 is 43.2 Å². The highest BCUT2D eigenvalue weighted by Gasteiger charge is 2.05. The van der Waals surface area contributed by atoms with Crippen molar-refractivity contribution in [2.24, 2.45) is 0 Å². The maximum atomic E-state index is 5.73. The van der Waals surface area contributed by atoms with Gasteiger partial charge < -0.3 is 10.1 Å². The fourth-order valence-electron chi connectivity index (χ4n) is 1.67. The summed E-state index contributed by atoms with van der Waals surface area (Å²) < 4.78 is 7.74. The van der Waals surface area contributed by atoms with Crippen LogP contribution in [0, 0.1) is 0 Å². The van der Waals surface area contributed by atoms with E-state index in [1.165, 1.54) is 4.88 Å². The number of benzene rings is 1. The molecule has 0 saturated heterocycles. The topological polar surface area (TPSA) is 21.3 Å². The second-order valence-electron chi connectivity index (χ2n) is 4.11. The standard InChI is InChI=1S/C14H15Br2NOS/c1-10(14-3-2-8-19-14)17-6-7-18-13-5-4-11(15)9-12(13)16/h2-5,8-10,17H,6-7H2,1H3. The number of thiophene rings is 1. The largest absolute Gasteiger partial charge is 0.491 e. The fraction of sp³-hybridized carbons (Fsp3) is 0.286. The Hall–Kier alpha value is -0.360. The molecule has 2 aromatic rings. The minimum absolute atomic E-state index is 0.372. The van der Waals surface area contributed by atoms with Crippen molar-refractivity contribution in [3.8, 4) is 5.75 Å². The lowest BCUT2D eigenvalue weighted by atomic mass is 10.3. The molecule has 0 radical (unpaired) electrons. The zero-order valence-corrected chi connectivity index (χ0v) is 14.5. The van der Waals surface area contributed by atoms with Crippen LogP contribution in [0.1, 0.15) is 17.8 Å². The molecule has 0 amide bonds. The molecule has 1 aromatic carbocycles. The van der Waals surface area contributed by atoms with Crippen molar-refractivity contribution in [1.82, 2.24) is 5.32 Å². The summed E-state index contributed by atoms with van der Waals surface area (Å²) in [6, 6.07) is 10.5. The van der Waals surface area contributed by atoms with Gasteiger partial charge in [-0.2, -0.15) is 0 Å². The molecule has 0 aliphatic heterocycles. The zero-order chi connectivity index (χ0) is 13.7. The van der Waals surface area contributed by atoms with Gasteiger partial charge in [0.1, 0.15) is 12.4 Å². The van der Waals surface area contributed by atoms with Crippen LogP contribution in [0.3, 0.4) is 0 Å². The summed E-state index contributed by atoms with van der Waals surface area (Å²) >= 11 is 8.68. The first-order chi connectivity index (χ1) is 9.16. The van der Waals surface area contributed by atoms with E-state index in [1.54, 1.807) is 11.3 Å². The van der Waals surface area contributed by atoms with Crippen LogP contribution in [0.4, 0.5) is 0 Å². The quantitative estimate of drug-likeness (QED) is 0.683. The molecule has 0 spiro atoms. The molecule has 0 aliphatic rings. The van der Waals surface area contributed by atoms with Gasteiger partial charge in [0.25, 0.3) is 0 Å². The Kier molecular flexibility index (Phi) is 5.88. The first kappa shape index (κ1) is 15.0. The smallest absolute Gasteiger partial charge is 0.133 e. The lowest BCUT2D eigenvalue weighted by Crippen LogP contribution is -2.23. The van der Waals surface area contributed by atoms with Crippen molar-refractivity contribution in [3.63, 3.8) is 0 Å². The Labute approximate surface area is 134 Å². The van der Waals surface area contributed by atoms with Crippen molar-refractivity contribution >= 4 is 43.2 Å². The maximum Gasteiger partial charge on any atom is 0.133 e. The summed E-state index contributed by atoms with van der Waals surface area (Å²) in [7, 11) is 0. The van der Waals surface area contributed by atoms with Gasteiger partial charge in [-0.1, -0.05) is 22.0 Å². The van der Waals surface area contributed by atoms with Crippen LogP contribution < -0.4 is 10.1 Å². The van der Waals surface area contributed by atoms with Crippen molar-refractivity contribution < 1.29 is 4.74 Å². The second kappa shape index (κ2) is 7.43. The van der Waals surface area contributed by atoms with Crippen molar-refractivity contribution in [2.75, 3.05) is 13.2 Å². The van der Waals surface area contributed by atoms with Gasteiger partial charge in [-0.3, -0.25) is 0 Å². The van der Waals surface area contributed by atoms with E-state index >= 15 is 0 Å². The third-order valence-corrected chi connectivity index (χ3v) is 4.84. The SMILES string of the molecule is CC(NCCOc1ccc(Br)cc1Br)c1cccs1. The summed E-state index contributed by atoms with van der Waals surface area (Å²) in [5, 5.41) is 5.55. The van der Waals surface area contributed by atoms with Gasteiger partial charge in [0.2, 0.25) is 0 Å².